The maximum atomic E-state index is 5.63. The Labute approximate surface area is 229 Å². The van der Waals surface area contributed by atoms with Crippen molar-refractivity contribution in [1.82, 2.24) is 0 Å². The van der Waals surface area contributed by atoms with E-state index in [1.54, 1.807) is 6.92 Å². The van der Waals surface area contributed by atoms with E-state index in [0.717, 1.165) is 55.2 Å². The lowest BCUT2D eigenvalue weighted by Crippen LogP contribution is -2.23. The van der Waals surface area contributed by atoms with Crippen LogP contribution in [0.3, 0.4) is 0 Å². The molecule has 0 heterocycles. The quantitative estimate of drug-likeness (QED) is 0.215. The van der Waals surface area contributed by atoms with E-state index in [-0.39, 0.29) is 5.96 Å². The molecule has 0 radical (unpaired) electrons. The lowest BCUT2D eigenvalue weighted by Gasteiger charge is -2.02. The maximum Gasteiger partial charge on any atom is 0.185 e. The van der Waals surface area contributed by atoms with Gasteiger partial charge < -0.3 is 17.2 Å². The molecule has 7 heteroatoms. The first-order valence-electron chi connectivity index (χ1n) is 11.3. The van der Waals surface area contributed by atoms with Crippen molar-refractivity contribution in [3.05, 3.63) is 103 Å². The van der Waals surface area contributed by atoms with Crippen LogP contribution in [0.5, 0.6) is 0 Å². The number of hydrogen-bond acceptors (Lipinski definition) is 2. The van der Waals surface area contributed by atoms with Gasteiger partial charge in [0, 0.05) is 44.3 Å². The first-order valence-corrected chi connectivity index (χ1v) is 12.9. The SMILES string of the molecule is CC(N)=NCCc1cc(Br)cc(C#Cc2cccc(C#Cc3cc(Br)cc(CCN=C(N)N)c3)c2)c1. The minimum atomic E-state index is 0.0978. The van der Waals surface area contributed by atoms with Crippen LogP contribution in [0.2, 0.25) is 0 Å². The monoisotopic (exact) mass is 603 g/mol. The van der Waals surface area contributed by atoms with E-state index >= 15 is 0 Å². The molecule has 3 aromatic rings. The molecular weight excluding hydrogens is 578 g/mol. The normalized spacial score (nSPS) is 10.6. The number of guanidine groups is 1. The Morgan fingerprint density at radius 2 is 1.14 bits per heavy atom. The molecule has 5 nitrogen and oxygen atoms in total. The van der Waals surface area contributed by atoms with Gasteiger partial charge in [-0.1, -0.05) is 61.6 Å². The Kier molecular flexibility index (Phi) is 10.2. The number of nitrogens with zero attached hydrogens (tertiary/aromatic N) is 2. The average Bonchev–Trinajstić information content (AvgIpc) is 2.81. The van der Waals surface area contributed by atoms with Gasteiger partial charge in [0.1, 0.15) is 0 Å². The van der Waals surface area contributed by atoms with Crippen LogP contribution in [0.25, 0.3) is 0 Å². The summed E-state index contributed by atoms with van der Waals surface area (Å²) in [4.78, 5) is 8.31. The number of halogens is 2. The second-order valence-corrected chi connectivity index (χ2v) is 9.94. The van der Waals surface area contributed by atoms with Crippen LogP contribution in [0.4, 0.5) is 0 Å². The van der Waals surface area contributed by atoms with Crippen LogP contribution in [0.1, 0.15) is 40.3 Å². The van der Waals surface area contributed by atoms with Crippen molar-refractivity contribution in [3.63, 3.8) is 0 Å². The number of benzene rings is 3. The Morgan fingerprint density at radius 1 is 0.667 bits per heavy atom. The third kappa shape index (κ3) is 9.62. The molecule has 0 aliphatic carbocycles. The zero-order valence-corrected chi connectivity index (χ0v) is 23.2. The molecule has 182 valence electrons. The molecule has 0 aromatic heterocycles. The van der Waals surface area contributed by atoms with Gasteiger partial charge in [0.2, 0.25) is 0 Å². The molecule has 0 spiro atoms. The molecule has 0 saturated heterocycles. The fraction of sp³-hybridized carbons (Fsp3) is 0.172. The Balaban J connectivity index is 1.75. The summed E-state index contributed by atoms with van der Waals surface area (Å²) in [6.45, 7) is 2.98. The van der Waals surface area contributed by atoms with E-state index in [0.29, 0.717) is 18.9 Å². The molecule has 0 amide bonds. The summed E-state index contributed by atoms with van der Waals surface area (Å²) >= 11 is 7.14. The summed E-state index contributed by atoms with van der Waals surface area (Å²) in [7, 11) is 0. The molecule has 36 heavy (non-hydrogen) atoms. The number of nitrogens with two attached hydrogens (primary N) is 3. The smallest absolute Gasteiger partial charge is 0.185 e. The molecule has 0 bridgehead atoms. The van der Waals surface area contributed by atoms with Crippen LogP contribution in [0.15, 0.2) is 79.6 Å². The topological polar surface area (TPSA) is 103 Å². The Hall–Kier alpha value is -3.52. The largest absolute Gasteiger partial charge is 0.388 e. The molecule has 0 saturated carbocycles. The van der Waals surface area contributed by atoms with E-state index in [1.165, 1.54) is 0 Å². The van der Waals surface area contributed by atoms with Gasteiger partial charge in [-0.2, -0.15) is 0 Å². The van der Waals surface area contributed by atoms with Crippen molar-refractivity contribution in [2.75, 3.05) is 13.1 Å². The van der Waals surface area contributed by atoms with Crippen molar-refractivity contribution in [1.29, 1.82) is 0 Å². The highest BCUT2D eigenvalue weighted by molar-refractivity contribution is 9.10. The number of amidine groups is 1. The maximum absolute atomic E-state index is 5.63. The zero-order chi connectivity index (χ0) is 25.9. The summed E-state index contributed by atoms with van der Waals surface area (Å²) in [5.41, 5.74) is 22.4. The fourth-order valence-electron chi connectivity index (χ4n) is 3.37. The number of hydrogen-bond donors (Lipinski definition) is 3. The van der Waals surface area contributed by atoms with Crippen LogP contribution < -0.4 is 17.2 Å². The van der Waals surface area contributed by atoms with Crippen molar-refractivity contribution < 1.29 is 0 Å². The van der Waals surface area contributed by atoms with Crippen molar-refractivity contribution in [3.8, 4) is 23.7 Å². The van der Waals surface area contributed by atoms with Crippen molar-refractivity contribution in [2.24, 2.45) is 27.2 Å². The highest BCUT2D eigenvalue weighted by Gasteiger charge is 2.00. The highest BCUT2D eigenvalue weighted by Crippen LogP contribution is 2.17. The van der Waals surface area contributed by atoms with Gasteiger partial charge in [-0.25, -0.2) is 0 Å². The minimum absolute atomic E-state index is 0.0978. The van der Waals surface area contributed by atoms with E-state index in [1.807, 2.05) is 42.5 Å². The molecule has 0 atom stereocenters. The molecule has 0 aliphatic heterocycles. The minimum Gasteiger partial charge on any atom is -0.388 e. The van der Waals surface area contributed by atoms with Crippen LogP contribution in [-0.4, -0.2) is 24.9 Å². The van der Waals surface area contributed by atoms with Gasteiger partial charge in [-0.05, 0) is 85.5 Å². The summed E-state index contributed by atoms with van der Waals surface area (Å²) in [5, 5.41) is 0. The third-order valence-corrected chi connectivity index (χ3v) is 5.85. The molecular formula is C29H27Br2N5. The molecule has 6 N–H and O–H groups in total. The molecule has 0 unspecified atom stereocenters. The number of rotatable bonds is 6. The third-order valence-electron chi connectivity index (χ3n) is 4.94. The molecule has 0 fully saturated rings. The Morgan fingerprint density at radius 3 is 1.61 bits per heavy atom. The van der Waals surface area contributed by atoms with Gasteiger partial charge in [-0.3, -0.25) is 9.98 Å². The number of aliphatic imine (C=N–C) groups is 2. The second kappa shape index (κ2) is 13.5. The zero-order valence-electron chi connectivity index (χ0n) is 20.0. The van der Waals surface area contributed by atoms with Gasteiger partial charge in [-0.15, -0.1) is 0 Å². The van der Waals surface area contributed by atoms with E-state index < -0.39 is 0 Å². The van der Waals surface area contributed by atoms with Gasteiger partial charge in [0.25, 0.3) is 0 Å². The lowest BCUT2D eigenvalue weighted by molar-refractivity contribution is 0.961. The first kappa shape index (κ1) is 27.1. The summed E-state index contributed by atoms with van der Waals surface area (Å²) in [5.74, 6) is 13.7. The van der Waals surface area contributed by atoms with Crippen molar-refractivity contribution in [2.45, 2.75) is 19.8 Å². The molecule has 0 aliphatic rings. The fourth-order valence-corrected chi connectivity index (χ4v) is 4.45. The van der Waals surface area contributed by atoms with Crippen LogP contribution in [0, 0.1) is 23.7 Å². The van der Waals surface area contributed by atoms with Crippen LogP contribution >= 0.6 is 31.9 Å². The predicted octanol–water partition coefficient (Wildman–Crippen LogP) is 4.75. The van der Waals surface area contributed by atoms with Crippen LogP contribution in [-0.2, 0) is 12.8 Å². The van der Waals surface area contributed by atoms with Gasteiger partial charge in [0.15, 0.2) is 5.96 Å². The van der Waals surface area contributed by atoms with E-state index in [4.69, 9.17) is 17.2 Å². The summed E-state index contributed by atoms with van der Waals surface area (Å²) in [6.07, 6.45) is 1.54. The predicted molar refractivity (Wildman–Crippen MR) is 157 cm³/mol. The van der Waals surface area contributed by atoms with E-state index in [9.17, 15) is 0 Å². The standard InChI is InChI=1S/C29H27Br2N5/c1-20(32)35-11-9-25-14-23(16-27(30)18-25)7-5-21-3-2-4-22(13-21)6-8-24-15-26(19-28(31)17-24)10-12-36-29(33)34/h2-4,13-19H,9-12H2,1H3,(H2,32,35)(H4,33,34,36). The van der Waals surface area contributed by atoms with Crippen molar-refractivity contribution >= 4 is 43.7 Å². The molecule has 3 aromatic carbocycles. The highest BCUT2D eigenvalue weighted by atomic mass is 79.9. The first-order chi connectivity index (χ1) is 17.3. The van der Waals surface area contributed by atoms with Gasteiger partial charge >= 0.3 is 0 Å². The summed E-state index contributed by atoms with van der Waals surface area (Å²) in [6, 6.07) is 20.2. The Bertz CT molecular complexity index is 1310. The average molecular weight is 605 g/mol. The lowest BCUT2D eigenvalue weighted by atomic mass is 10.1. The molecule has 3 rings (SSSR count). The second-order valence-electron chi connectivity index (χ2n) is 8.11. The summed E-state index contributed by atoms with van der Waals surface area (Å²) < 4.78 is 1.95. The van der Waals surface area contributed by atoms with E-state index in [2.05, 4.69) is 83.7 Å². The van der Waals surface area contributed by atoms with Gasteiger partial charge in [0.05, 0.1) is 5.84 Å².